The van der Waals surface area contributed by atoms with E-state index in [1.165, 1.54) is 28.9 Å². The molecule has 248 valence electrons. The molecule has 10 heteroatoms. The molecule has 0 radical (unpaired) electrons. The van der Waals surface area contributed by atoms with Crippen LogP contribution >= 0.6 is 11.6 Å². The lowest BCUT2D eigenvalue weighted by Crippen LogP contribution is -2.30. The largest absolute Gasteiger partial charge is 0.483 e. The summed E-state index contributed by atoms with van der Waals surface area (Å²) in [6, 6.07) is 14.2. The maximum absolute atomic E-state index is 13.3. The van der Waals surface area contributed by atoms with Gasteiger partial charge in [-0.2, -0.15) is 0 Å². The van der Waals surface area contributed by atoms with Crippen molar-refractivity contribution in [3.05, 3.63) is 88.0 Å². The van der Waals surface area contributed by atoms with E-state index in [0.717, 1.165) is 60.3 Å². The van der Waals surface area contributed by atoms with Crippen molar-refractivity contribution in [3.63, 3.8) is 0 Å². The van der Waals surface area contributed by atoms with Gasteiger partial charge in [0, 0.05) is 42.5 Å². The minimum atomic E-state index is -0.466. The maximum Gasteiger partial charge on any atom is 0.290 e. The Labute approximate surface area is 281 Å². The van der Waals surface area contributed by atoms with Crippen molar-refractivity contribution in [1.82, 2.24) is 14.8 Å². The van der Waals surface area contributed by atoms with Crippen molar-refractivity contribution in [1.29, 1.82) is 0 Å². The smallest absolute Gasteiger partial charge is 0.290 e. The second-order valence-electron chi connectivity index (χ2n) is 11.7. The number of aryl methyl sites for hydroxylation is 1. The van der Waals surface area contributed by atoms with Crippen molar-refractivity contribution in [2.45, 2.75) is 52.0 Å². The number of carboxylic acid groups (broad SMARTS) is 1. The number of likely N-dealkylation sites (N-methyl/N-ethyl adjacent to an activating group) is 1. The molecule has 1 aromatic heterocycles. The number of fused-ring (bicyclic) bond motifs is 1. The molecule has 1 aliphatic heterocycles. The fraction of sp³-hybridized carbons (Fsp3) is 0.351. The average molecular weight is 659 g/mol. The van der Waals surface area contributed by atoms with Gasteiger partial charge < -0.3 is 20.1 Å². The number of hydrogen-bond donors (Lipinski definition) is 2. The summed E-state index contributed by atoms with van der Waals surface area (Å²) < 4.78 is 5.86. The number of carbonyl (C=O) groups is 3. The molecular weight excluding hydrogens is 616 g/mol. The minimum Gasteiger partial charge on any atom is -0.483 e. The number of allylic oxidation sites excluding steroid dienone is 3. The Morgan fingerprint density at radius 1 is 1.13 bits per heavy atom. The number of aromatic nitrogens is 1. The Bertz CT molecular complexity index is 1680. The zero-order valence-corrected chi connectivity index (χ0v) is 28.4. The summed E-state index contributed by atoms with van der Waals surface area (Å²) in [6.45, 7) is 5.94. The van der Waals surface area contributed by atoms with Gasteiger partial charge in [-0.05, 0) is 87.0 Å². The first kappa shape index (κ1) is 35.4. The van der Waals surface area contributed by atoms with Crippen LogP contribution in [-0.4, -0.2) is 72.5 Å². The molecule has 5 rings (SSSR count). The monoisotopic (exact) mass is 658 g/mol. The first-order valence-corrected chi connectivity index (χ1v) is 16.2. The van der Waals surface area contributed by atoms with Crippen molar-refractivity contribution >= 4 is 35.6 Å². The summed E-state index contributed by atoms with van der Waals surface area (Å²) in [5.74, 6) is -0.151. The molecule has 1 fully saturated rings. The van der Waals surface area contributed by atoms with Crippen LogP contribution < -0.4 is 10.1 Å². The standard InChI is InChI=1S/C36H41ClN4O3.CH2O2/c1-6-7-8-13-28(36(43)40(3)4)34(42)38-29-17-12-14-25(23(29)2)26-15-11-16-27(33(26)37)30-22-24-18-19-31(41-20-9-10-21-41)32(24)35(39-30)44-5;2-1-3/h7-8,11-17,22,31H,6,9-10,18-21H2,1-5H3,(H,38,42);1H,(H,2,3)/b8-7+,28-13-;. The number of carbonyl (C=O) groups excluding carboxylic acids is 2. The molecule has 9 nitrogen and oxygen atoms in total. The number of anilines is 1. The van der Waals surface area contributed by atoms with Crippen molar-refractivity contribution in [2.75, 3.05) is 39.6 Å². The van der Waals surface area contributed by atoms with Gasteiger partial charge in [-0.15, -0.1) is 0 Å². The molecule has 0 bridgehead atoms. The minimum absolute atomic E-state index is 0.0631. The second kappa shape index (κ2) is 16.4. The van der Waals surface area contributed by atoms with E-state index in [0.29, 0.717) is 22.6 Å². The SMILES string of the molecule is CC/C=C/C=C(/C(=O)Nc1cccc(-c2cccc(-c3cc4c(c(OC)n3)C(N3CCCC3)CC4)c2Cl)c1C)C(=O)N(C)C.O=CO. The fourth-order valence-corrected chi connectivity index (χ4v) is 6.59. The van der Waals surface area contributed by atoms with Crippen LogP contribution in [0.5, 0.6) is 5.88 Å². The van der Waals surface area contributed by atoms with Gasteiger partial charge in [0.2, 0.25) is 5.88 Å². The number of methoxy groups -OCH3 is 1. The topological polar surface area (TPSA) is 112 Å². The van der Waals surface area contributed by atoms with Gasteiger partial charge >= 0.3 is 0 Å². The highest BCUT2D eigenvalue weighted by Gasteiger charge is 2.34. The Kier molecular flexibility index (Phi) is 12.3. The summed E-state index contributed by atoms with van der Waals surface area (Å²) >= 11 is 7.14. The Morgan fingerprint density at radius 3 is 2.45 bits per heavy atom. The van der Waals surface area contributed by atoms with Crippen LogP contribution in [0, 0.1) is 6.92 Å². The van der Waals surface area contributed by atoms with Crippen molar-refractivity contribution in [3.8, 4) is 28.3 Å². The number of pyridine rings is 1. The van der Waals surface area contributed by atoms with Crippen molar-refractivity contribution in [2.24, 2.45) is 0 Å². The van der Waals surface area contributed by atoms with Crippen molar-refractivity contribution < 1.29 is 24.2 Å². The van der Waals surface area contributed by atoms with Crippen LogP contribution in [0.2, 0.25) is 5.02 Å². The van der Waals surface area contributed by atoms with Crippen LogP contribution in [0.3, 0.4) is 0 Å². The third kappa shape index (κ3) is 7.92. The molecule has 2 amide bonds. The normalized spacial score (nSPS) is 16.0. The van der Waals surface area contributed by atoms with Crippen LogP contribution in [0.4, 0.5) is 5.69 Å². The highest BCUT2D eigenvalue weighted by molar-refractivity contribution is 6.36. The quantitative estimate of drug-likeness (QED) is 0.0830. The predicted molar refractivity (Wildman–Crippen MR) is 187 cm³/mol. The Hall–Kier alpha value is -4.47. The molecule has 1 atom stereocenters. The molecule has 1 aliphatic carbocycles. The third-order valence-electron chi connectivity index (χ3n) is 8.57. The summed E-state index contributed by atoms with van der Waals surface area (Å²) in [4.78, 5) is 43.4. The predicted octanol–water partition coefficient (Wildman–Crippen LogP) is 7.09. The lowest BCUT2D eigenvalue weighted by Gasteiger charge is -2.25. The van der Waals surface area contributed by atoms with Gasteiger partial charge in [-0.3, -0.25) is 19.3 Å². The first-order valence-electron chi connectivity index (χ1n) is 15.8. The molecule has 1 saturated heterocycles. The third-order valence-corrected chi connectivity index (χ3v) is 8.97. The molecule has 2 aliphatic rings. The van der Waals surface area contributed by atoms with Gasteiger partial charge in [0.05, 0.1) is 17.8 Å². The number of ether oxygens (including phenoxy) is 1. The van der Waals surface area contributed by atoms with Gasteiger partial charge in [-0.1, -0.05) is 61.0 Å². The molecule has 3 aromatic rings. The number of halogens is 1. The highest BCUT2D eigenvalue weighted by Crippen LogP contribution is 2.45. The first-order chi connectivity index (χ1) is 22.7. The van der Waals surface area contributed by atoms with Gasteiger partial charge in [0.1, 0.15) is 5.57 Å². The van der Waals surface area contributed by atoms with Gasteiger partial charge in [-0.25, -0.2) is 4.98 Å². The molecule has 2 aromatic carbocycles. The molecule has 2 N–H and O–H groups in total. The van der Waals surface area contributed by atoms with Crippen LogP contribution in [0.15, 0.2) is 66.3 Å². The Balaban J connectivity index is 0.00000160. The Morgan fingerprint density at radius 2 is 1.79 bits per heavy atom. The van der Waals surface area contributed by atoms with Crippen LogP contribution in [-0.2, 0) is 20.8 Å². The van der Waals surface area contributed by atoms with Crippen LogP contribution in [0.1, 0.15) is 55.3 Å². The molecular formula is C37H43ClN4O5. The second-order valence-corrected chi connectivity index (χ2v) is 12.1. The fourth-order valence-electron chi connectivity index (χ4n) is 6.27. The zero-order chi connectivity index (χ0) is 34.1. The molecule has 2 heterocycles. The lowest BCUT2D eigenvalue weighted by atomic mass is 9.96. The van der Waals surface area contributed by atoms with Gasteiger partial charge in [0.15, 0.2) is 0 Å². The molecule has 0 saturated carbocycles. The number of nitrogens with zero attached hydrogens (tertiary/aromatic N) is 3. The number of amides is 2. The van der Waals surface area contributed by atoms with E-state index in [1.54, 1.807) is 33.4 Å². The van der Waals surface area contributed by atoms with E-state index >= 15 is 0 Å². The number of nitrogens with one attached hydrogen (secondary N) is 1. The number of hydrogen-bond acceptors (Lipinski definition) is 6. The highest BCUT2D eigenvalue weighted by atomic mass is 35.5. The molecule has 47 heavy (non-hydrogen) atoms. The summed E-state index contributed by atoms with van der Waals surface area (Å²) in [7, 11) is 4.95. The number of likely N-dealkylation sites (tertiary alicyclic amines) is 1. The van der Waals surface area contributed by atoms with E-state index < -0.39 is 5.91 Å². The van der Waals surface area contributed by atoms with E-state index in [1.807, 2.05) is 56.3 Å². The van der Waals surface area contributed by atoms with Gasteiger partial charge in [0.25, 0.3) is 18.3 Å². The molecule has 0 spiro atoms. The maximum atomic E-state index is 13.3. The zero-order valence-electron chi connectivity index (χ0n) is 27.7. The van der Waals surface area contributed by atoms with E-state index in [2.05, 4.69) is 16.3 Å². The van der Waals surface area contributed by atoms with Crippen LogP contribution in [0.25, 0.3) is 22.4 Å². The average Bonchev–Trinajstić information content (AvgIpc) is 3.74. The summed E-state index contributed by atoms with van der Waals surface area (Å²) in [5.41, 5.74) is 7.33. The van der Waals surface area contributed by atoms with E-state index in [-0.39, 0.29) is 18.0 Å². The van der Waals surface area contributed by atoms with E-state index in [4.69, 9.17) is 31.2 Å². The van der Waals surface area contributed by atoms with E-state index in [9.17, 15) is 9.59 Å². The lowest BCUT2D eigenvalue weighted by molar-refractivity contribution is -0.127. The summed E-state index contributed by atoms with van der Waals surface area (Å²) in [5, 5.41) is 10.4. The molecule has 1 unspecified atom stereocenters. The summed E-state index contributed by atoms with van der Waals surface area (Å²) in [6.07, 6.45) is 10.6. The number of rotatable bonds is 9. The number of benzene rings is 2.